The molecule has 0 N–H and O–H groups in total. The van der Waals surface area contributed by atoms with Crippen molar-refractivity contribution < 1.29 is 4.74 Å². The maximum atomic E-state index is 6.11. The molecule has 2 aromatic carbocycles. The zero-order chi connectivity index (χ0) is 14.9. The number of likely N-dealkylation sites (N-methyl/N-ethyl adjacent to an activating group) is 1. The average molecular weight is 294 g/mol. The van der Waals surface area contributed by atoms with Gasteiger partial charge in [0.05, 0.1) is 6.04 Å². The van der Waals surface area contributed by atoms with E-state index in [9.17, 15) is 0 Å². The molecule has 1 saturated heterocycles. The van der Waals surface area contributed by atoms with Gasteiger partial charge >= 0.3 is 0 Å². The molecule has 3 nitrogen and oxygen atoms in total. The largest absolute Gasteiger partial charge is 0.457 e. The van der Waals surface area contributed by atoms with E-state index in [1.54, 1.807) is 0 Å². The second-order valence-electron chi connectivity index (χ2n) is 6.27. The van der Waals surface area contributed by atoms with Crippen molar-refractivity contribution in [2.24, 2.45) is 0 Å². The fourth-order valence-electron chi connectivity index (χ4n) is 3.60. The standard InChI is InChI=1S/C19H22N2O/c1-20-11-6-12-21(14-13-20)19-15-7-2-4-9-17(15)22-18-10-5-3-8-16(18)19/h2-5,7-10,19H,6,11-14H2,1H3. The van der Waals surface area contributed by atoms with Crippen molar-refractivity contribution >= 4 is 0 Å². The van der Waals surface area contributed by atoms with Crippen LogP contribution >= 0.6 is 0 Å². The predicted octanol–water partition coefficient (Wildman–Crippen LogP) is 3.52. The average Bonchev–Trinajstić information content (AvgIpc) is 2.77. The Kier molecular flexibility index (Phi) is 3.60. The molecule has 3 heteroatoms. The van der Waals surface area contributed by atoms with Gasteiger partial charge < -0.3 is 9.64 Å². The molecule has 0 unspecified atom stereocenters. The van der Waals surface area contributed by atoms with Crippen molar-refractivity contribution in [3.05, 3.63) is 59.7 Å². The van der Waals surface area contributed by atoms with Gasteiger partial charge in [-0.3, -0.25) is 4.90 Å². The summed E-state index contributed by atoms with van der Waals surface area (Å²) in [7, 11) is 2.22. The monoisotopic (exact) mass is 294 g/mol. The predicted molar refractivity (Wildman–Crippen MR) is 88.5 cm³/mol. The van der Waals surface area contributed by atoms with Gasteiger partial charge in [-0.2, -0.15) is 0 Å². The summed E-state index contributed by atoms with van der Waals surface area (Å²) in [4.78, 5) is 5.04. The Morgan fingerprint density at radius 3 is 2.14 bits per heavy atom. The van der Waals surface area contributed by atoms with Crippen LogP contribution in [0.4, 0.5) is 0 Å². The zero-order valence-corrected chi connectivity index (χ0v) is 13.0. The van der Waals surface area contributed by atoms with Gasteiger partial charge in [0, 0.05) is 30.8 Å². The van der Waals surface area contributed by atoms with Gasteiger partial charge in [0.15, 0.2) is 0 Å². The van der Waals surface area contributed by atoms with Gasteiger partial charge in [-0.05, 0) is 32.1 Å². The molecule has 0 aromatic heterocycles. The van der Waals surface area contributed by atoms with Crippen LogP contribution in [0.15, 0.2) is 48.5 Å². The molecule has 0 saturated carbocycles. The number of hydrogen-bond acceptors (Lipinski definition) is 3. The summed E-state index contributed by atoms with van der Waals surface area (Å²) >= 11 is 0. The summed E-state index contributed by atoms with van der Waals surface area (Å²) in [5.41, 5.74) is 2.59. The van der Waals surface area contributed by atoms with Crippen LogP contribution in [0.2, 0.25) is 0 Å². The Hall–Kier alpha value is -1.84. The maximum Gasteiger partial charge on any atom is 0.132 e. The highest BCUT2D eigenvalue weighted by atomic mass is 16.5. The Morgan fingerprint density at radius 2 is 1.45 bits per heavy atom. The maximum absolute atomic E-state index is 6.11. The van der Waals surface area contributed by atoms with Crippen molar-refractivity contribution in [1.82, 2.24) is 9.80 Å². The highest BCUT2D eigenvalue weighted by Crippen LogP contribution is 2.45. The quantitative estimate of drug-likeness (QED) is 0.800. The summed E-state index contributed by atoms with van der Waals surface area (Å²) in [6, 6.07) is 17.3. The van der Waals surface area contributed by atoms with Gasteiger partial charge in [0.1, 0.15) is 11.5 Å². The number of hydrogen-bond donors (Lipinski definition) is 0. The summed E-state index contributed by atoms with van der Waals surface area (Å²) in [6.45, 7) is 4.55. The van der Waals surface area contributed by atoms with E-state index in [4.69, 9.17) is 4.74 Å². The molecular weight excluding hydrogens is 272 g/mol. The van der Waals surface area contributed by atoms with Crippen molar-refractivity contribution in [2.75, 3.05) is 33.2 Å². The third kappa shape index (κ3) is 2.40. The van der Waals surface area contributed by atoms with Gasteiger partial charge in [0.2, 0.25) is 0 Å². The van der Waals surface area contributed by atoms with E-state index in [0.717, 1.165) is 31.1 Å². The Bertz CT molecular complexity index is 624. The lowest BCUT2D eigenvalue weighted by molar-refractivity contribution is 0.218. The first-order valence-corrected chi connectivity index (χ1v) is 8.11. The van der Waals surface area contributed by atoms with Crippen LogP contribution in [-0.2, 0) is 0 Å². The van der Waals surface area contributed by atoms with Gasteiger partial charge in [-0.15, -0.1) is 0 Å². The molecule has 0 bridgehead atoms. The summed E-state index contributed by atoms with van der Waals surface area (Å²) in [6.07, 6.45) is 1.22. The molecule has 22 heavy (non-hydrogen) atoms. The molecule has 0 atom stereocenters. The summed E-state index contributed by atoms with van der Waals surface area (Å²) < 4.78 is 6.11. The van der Waals surface area contributed by atoms with Crippen molar-refractivity contribution in [1.29, 1.82) is 0 Å². The van der Waals surface area contributed by atoms with E-state index < -0.39 is 0 Å². The fourth-order valence-corrected chi connectivity index (χ4v) is 3.60. The highest BCUT2D eigenvalue weighted by Gasteiger charge is 2.32. The lowest BCUT2D eigenvalue weighted by atomic mass is 9.93. The molecule has 2 aliphatic rings. The Morgan fingerprint density at radius 1 is 0.818 bits per heavy atom. The first-order chi connectivity index (χ1) is 10.8. The number of nitrogens with zero attached hydrogens (tertiary/aromatic N) is 2. The normalized spacial score (nSPS) is 19.9. The van der Waals surface area contributed by atoms with E-state index in [1.807, 2.05) is 0 Å². The summed E-state index contributed by atoms with van der Waals surface area (Å²) in [5, 5.41) is 0. The van der Waals surface area contributed by atoms with Crippen molar-refractivity contribution in [3.63, 3.8) is 0 Å². The van der Waals surface area contributed by atoms with Crippen LogP contribution in [0.1, 0.15) is 23.6 Å². The van der Waals surface area contributed by atoms with Crippen LogP contribution in [0.5, 0.6) is 11.5 Å². The number of benzene rings is 2. The van der Waals surface area contributed by atoms with E-state index in [2.05, 4.69) is 65.4 Å². The number of fused-ring (bicyclic) bond motifs is 2. The third-order valence-electron chi connectivity index (χ3n) is 4.77. The Balaban J connectivity index is 1.77. The molecule has 114 valence electrons. The molecule has 1 fully saturated rings. The lowest BCUT2D eigenvalue weighted by Gasteiger charge is -2.36. The van der Waals surface area contributed by atoms with E-state index in [1.165, 1.54) is 24.1 Å². The minimum absolute atomic E-state index is 0.313. The molecular formula is C19H22N2O. The van der Waals surface area contributed by atoms with Gasteiger partial charge in [0.25, 0.3) is 0 Å². The van der Waals surface area contributed by atoms with E-state index in [-0.39, 0.29) is 0 Å². The topological polar surface area (TPSA) is 15.7 Å². The van der Waals surface area contributed by atoms with Crippen molar-refractivity contribution in [2.45, 2.75) is 12.5 Å². The molecule has 0 amide bonds. The molecule has 2 aliphatic heterocycles. The van der Waals surface area contributed by atoms with Crippen LogP contribution in [0.25, 0.3) is 0 Å². The smallest absolute Gasteiger partial charge is 0.132 e. The van der Waals surface area contributed by atoms with E-state index >= 15 is 0 Å². The molecule has 2 heterocycles. The SMILES string of the molecule is CN1CCCN(C2c3ccccc3Oc3ccccc32)CC1. The first-order valence-electron chi connectivity index (χ1n) is 8.11. The van der Waals surface area contributed by atoms with Gasteiger partial charge in [-0.25, -0.2) is 0 Å². The van der Waals surface area contributed by atoms with E-state index in [0.29, 0.717) is 6.04 Å². The van der Waals surface area contributed by atoms with Crippen LogP contribution in [-0.4, -0.2) is 43.0 Å². The van der Waals surface area contributed by atoms with Crippen LogP contribution in [0.3, 0.4) is 0 Å². The molecule has 2 aromatic rings. The van der Waals surface area contributed by atoms with Crippen LogP contribution in [0, 0.1) is 0 Å². The van der Waals surface area contributed by atoms with Crippen LogP contribution < -0.4 is 4.74 Å². The highest BCUT2D eigenvalue weighted by molar-refractivity contribution is 5.52. The second kappa shape index (κ2) is 5.75. The first kappa shape index (κ1) is 13.8. The fraction of sp³-hybridized carbons (Fsp3) is 0.368. The molecule has 0 radical (unpaired) electrons. The lowest BCUT2D eigenvalue weighted by Crippen LogP contribution is -2.34. The zero-order valence-electron chi connectivity index (χ0n) is 13.0. The minimum atomic E-state index is 0.313. The number of para-hydroxylation sites is 2. The molecule has 0 aliphatic carbocycles. The van der Waals surface area contributed by atoms with Gasteiger partial charge in [-0.1, -0.05) is 36.4 Å². The Labute approximate surface area is 132 Å². The van der Waals surface area contributed by atoms with Crippen molar-refractivity contribution in [3.8, 4) is 11.5 Å². The molecule has 4 rings (SSSR count). The third-order valence-corrected chi connectivity index (χ3v) is 4.77. The summed E-state index contributed by atoms with van der Waals surface area (Å²) in [5.74, 6) is 2.01. The number of ether oxygens (including phenoxy) is 1. The molecule has 0 spiro atoms. The number of rotatable bonds is 1. The minimum Gasteiger partial charge on any atom is -0.457 e. The second-order valence-corrected chi connectivity index (χ2v) is 6.27.